The summed E-state index contributed by atoms with van der Waals surface area (Å²) < 4.78 is 1.98. The molecule has 0 spiro atoms. The van der Waals surface area contributed by atoms with Crippen molar-refractivity contribution in [1.29, 1.82) is 0 Å². The third-order valence-electron chi connectivity index (χ3n) is 5.57. The molecule has 1 fully saturated rings. The minimum Gasteiger partial charge on any atom is -0.351 e. The molecular formula is C23H28N4O2S. The number of rotatable bonds is 7. The van der Waals surface area contributed by atoms with E-state index in [1.54, 1.807) is 0 Å². The predicted octanol–water partition coefficient (Wildman–Crippen LogP) is 3.98. The van der Waals surface area contributed by atoms with Gasteiger partial charge in [0, 0.05) is 31.4 Å². The van der Waals surface area contributed by atoms with E-state index in [1.807, 2.05) is 40.8 Å². The van der Waals surface area contributed by atoms with Gasteiger partial charge in [-0.2, -0.15) is 5.10 Å². The van der Waals surface area contributed by atoms with Crippen LogP contribution in [0, 0.1) is 6.92 Å². The smallest absolute Gasteiger partial charge is 0.261 e. The molecule has 3 aromatic rings. The average molecular weight is 425 g/mol. The molecule has 0 saturated carbocycles. The fraction of sp³-hybridized carbons (Fsp3) is 0.435. The van der Waals surface area contributed by atoms with E-state index in [9.17, 15) is 9.59 Å². The van der Waals surface area contributed by atoms with E-state index < -0.39 is 0 Å². The van der Waals surface area contributed by atoms with Crippen LogP contribution in [0.25, 0.3) is 10.2 Å². The number of fused-ring (bicyclic) bond motifs is 1. The minimum absolute atomic E-state index is 0.0518. The number of likely N-dealkylation sites (tertiary alicyclic amines) is 1. The van der Waals surface area contributed by atoms with Gasteiger partial charge in [-0.1, -0.05) is 36.8 Å². The first-order chi connectivity index (χ1) is 14.6. The monoisotopic (exact) mass is 424 g/mol. The number of thiophene rings is 1. The summed E-state index contributed by atoms with van der Waals surface area (Å²) in [5.74, 6) is 0.200. The first-order valence-corrected chi connectivity index (χ1v) is 11.5. The van der Waals surface area contributed by atoms with Gasteiger partial charge in [0.25, 0.3) is 5.91 Å². The number of hydrogen-bond donors (Lipinski definition) is 1. The van der Waals surface area contributed by atoms with Gasteiger partial charge in [-0.25, -0.2) is 0 Å². The zero-order valence-electron chi connectivity index (χ0n) is 17.4. The van der Waals surface area contributed by atoms with E-state index in [-0.39, 0.29) is 11.8 Å². The predicted molar refractivity (Wildman–Crippen MR) is 120 cm³/mol. The number of carbonyl (C=O) groups excluding carboxylic acids is 2. The van der Waals surface area contributed by atoms with Crippen LogP contribution >= 0.6 is 11.3 Å². The highest BCUT2D eigenvalue weighted by Gasteiger charge is 2.18. The Labute approximate surface area is 180 Å². The fourth-order valence-corrected chi connectivity index (χ4v) is 5.00. The fourth-order valence-electron chi connectivity index (χ4n) is 3.92. The molecular weight excluding hydrogens is 396 g/mol. The lowest BCUT2D eigenvalue weighted by Crippen LogP contribution is -2.33. The van der Waals surface area contributed by atoms with Crippen LogP contribution in [0.15, 0.2) is 36.4 Å². The van der Waals surface area contributed by atoms with Crippen molar-refractivity contribution in [1.82, 2.24) is 20.0 Å². The molecule has 30 heavy (non-hydrogen) atoms. The summed E-state index contributed by atoms with van der Waals surface area (Å²) in [6.45, 7) is 4.82. The van der Waals surface area contributed by atoms with Crippen LogP contribution in [0.3, 0.4) is 0 Å². The molecule has 0 unspecified atom stereocenters. The summed E-state index contributed by atoms with van der Waals surface area (Å²) in [5.41, 5.74) is 2.13. The van der Waals surface area contributed by atoms with Gasteiger partial charge in [0.1, 0.15) is 4.83 Å². The standard InChI is InChI=1S/C23H28N4O2S/c1-17-19-15-20(30-23(19)27(25-17)16-18-9-4-2-5-10-18)22(29)24-12-8-14-26-13-7-3-6-11-21(26)28/h2,4-5,9-10,15H,3,6-8,11-14,16H2,1H3,(H,24,29). The van der Waals surface area contributed by atoms with Crippen LogP contribution in [0.2, 0.25) is 0 Å². The zero-order valence-corrected chi connectivity index (χ0v) is 18.2. The molecule has 3 heterocycles. The van der Waals surface area contributed by atoms with Crippen LogP contribution in [0.4, 0.5) is 0 Å². The van der Waals surface area contributed by atoms with Crippen molar-refractivity contribution in [2.24, 2.45) is 0 Å². The summed E-state index contributed by atoms with van der Waals surface area (Å²) in [5, 5.41) is 8.70. The van der Waals surface area contributed by atoms with Crippen molar-refractivity contribution < 1.29 is 9.59 Å². The van der Waals surface area contributed by atoms with Crippen LogP contribution < -0.4 is 5.32 Å². The number of carbonyl (C=O) groups is 2. The number of hydrogen-bond acceptors (Lipinski definition) is 4. The number of nitrogens with zero attached hydrogens (tertiary/aromatic N) is 3. The van der Waals surface area contributed by atoms with Crippen molar-refractivity contribution in [3.8, 4) is 0 Å². The Morgan fingerprint density at radius 2 is 2.03 bits per heavy atom. The molecule has 158 valence electrons. The number of benzene rings is 1. The molecule has 1 aliphatic heterocycles. The topological polar surface area (TPSA) is 67.2 Å². The lowest BCUT2D eigenvalue weighted by Gasteiger charge is -2.20. The van der Waals surface area contributed by atoms with Gasteiger partial charge in [-0.05, 0) is 37.8 Å². The third-order valence-corrected chi connectivity index (χ3v) is 6.72. The molecule has 2 amide bonds. The summed E-state index contributed by atoms with van der Waals surface area (Å²) >= 11 is 1.49. The second kappa shape index (κ2) is 9.43. The molecule has 1 saturated heterocycles. The Bertz CT molecular complexity index is 1020. The van der Waals surface area contributed by atoms with Gasteiger partial charge >= 0.3 is 0 Å². The highest BCUT2D eigenvalue weighted by atomic mass is 32.1. The third kappa shape index (κ3) is 4.73. The maximum absolute atomic E-state index is 12.7. The van der Waals surface area contributed by atoms with Crippen molar-refractivity contribution >= 4 is 33.4 Å². The molecule has 0 bridgehead atoms. The van der Waals surface area contributed by atoms with E-state index in [1.165, 1.54) is 16.9 Å². The molecule has 0 radical (unpaired) electrons. The number of aryl methyl sites for hydroxylation is 1. The molecule has 2 aromatic heterocycles. The molecule has 0 aliphatic carbocycles. The van der Waals surface area contributed by atoms with Crippen LogP contribution in [0.5, 0.6) is 0 Å². The Kier molecular flexibility index (Phi) is 6.47. The quantitative estimate of drug-likeness (QED) is 0.584. The minimum atomic E-state index is -0.0518. The maximum atomic E-state index is 12.7. The lowest BCUT2D eigenvalue weighted by molar-refractivity contribution is -0.130. The molecule has 4 rings (SSSR count). The lowest BCUT2D eigenvalue weighted by atomic mass is 10.2. The second-order valence-corrected chi connectivity index (χ2v) is 8.89. The van der Waals surface area contributed by atoms with Crippen molar-refractivity contribution in [2.45, 2.75) is 45.6 Å². The van der Waals surface area contributed by atoms with Crippen LogP contribution in [-0.2, 0) is 11.3 Å². The molecule has 6 nitrogen and oxygen atoms in total. The Morgan fingerprint density at radius 1 is 1.20 bits per heavy atom. The summed E-state index contributed by atoms with van der Waals surface area (Å²) in [6.07, 6.45) is 4.65. The zero-order chi connectivity index (χ0) is 20.9. The van der Waals surface area contributed by atoms with Gasteiger partial charge < -0.3 is 10.2 Å². The number of amides is 2. The van der Waals surface area contributed by atoms with Gasteiger partial charge in [-0.15, -0.1) is 11.3 Å². The highest BCUT2D eigenvalue weighted by Crippen LogP contribution is 2.28. The molecule has 7 heteroatoms. The molecule has 1 N–H and O–H groups in total. The van der Waals surface area contributed by atoms with Gasteiger partial charge in [-0.3, -0.25) is 14.3 Å². The van der Waals surface area contributed by atoms with Crippen LogP contribution in [-0.4, -0.2) is 46.1 Å². The van der Waals surface area contributed by atoms with Gasteiger partial charge in [0.05, 0.1) is 17.1 Å². The Morgan fingerprint density at radius 3 is 2.87 bits per heavy atom. The summed E-state index contributed by atoms with van der Waals surface area (Å²) in [7, 11) is 0. The maximum Gasteiger partial charge on any atom is 0.261 e. The number of aromatic nitrogens is 2. The van der Waals surface area contributed by atoms with E-state index >= 15 is 0 Å². The highest BCUT2D eigenvalue weighted by molar-refractivity contribution is 7.20. The summed E-state index contributed by atoms with van der Waals surface area (Å²) in [6, 6.07) is 12.2. The van der Waals surface area contributed by atoms with E-state index in [4.69, 9.17) is 0 Å². The Balaban J connectivity index is 1.35. The van der Waals surface area contributed by atoms with E-state index in [2.05, 4.69) is 22.5 Å². The van der Waals surface area contributed by atoms with Gasteiger partial charge in [0.2, 0.25) is 5.91 Å². The van der Waals surface area contributed by atoms with E-state index in [0.29, 0.717) is 24.4 Å². The molecule has 0 atom stereocenters. The van der Waals surface area contributed by atoms with Gasteiger partial charge in [0.15, 0.2) is 0 Å². The number of nitrogens with one attached hydrogen (secondary N) is 1. The van der Waals surface area contributed by atoms with Crippen molar-refractivity contribution in [3.05, 3.63) is 52.5 Å². The average Bonchev–Trinajstić information content (AvgIpc) is 3.24. The SMILES string of the molecule is Cc1nn(Cc2ccccc2)c2sc(C(=O)NCCCN3CCCCCC3=O)cc12. The summed E-state index contributed by atoms with van der Waals surface area (Å²) in [4.78, 5) is 28.4. The molecule has 1 aliphatic rings. The Hall–Kier alpha value is -2.67. The first kappa shape index (κ1) is 20.6. The molecule has 1 aromatic carbocycles. The van der Waals surface area contributed by atoms with Crippen molar-refractivity contribution in [3.63, 3.8) is 0 Å². The van der Waals surface area contributed by atoms with E-state index in [0.717, 1.165) is 54.7 Å². The largest absolute Gasteiger partial charge is 0.351 e. The van der Waals surface area contributed by atoms with Crippen LogP contribution in [0.1, 0.15) is 53.0 Å². The normalized spacial score (nSPS) is 14.8. The first-order valence-electron chi connectivity index (χ1n) is 10.7. The second-order valence-electron chi connectivity index (χ2n) is 7.86. The van der Waals surface area contributed by atoms with Crippen molar-refractivity contribution in [2.75, 3.05) is 19.6 Å².